The Kier molecular flexibility index (Phi) is 5.88. The van der Waals surface area contributed by atoms with E-state index in [1.54, 1.807) is 6.92 Å². The molecular formula is C12H19BrO2. The zero-order valence-corrected chi connectivity index (χ0v) is 11.6. The predicted octanol–water partition coefficient (Wildman–Crippen LogP) is 3.62. The molecule has 0 saturated carbocycles. The van der Waals surface area contributed by atoms with E-state index in [1.807, 2.05) is 39.8 Å². The number of rotatable bonds is 3. The van der Waals surface area contributed by atoms with Crippen LogP contribution in [0.2, 0.25) is 0 Å². The lowest BCUT2D eigenvalue weighted by molar-refractivity contribution is -0.149. The maximum atomic E-state index is 11.6. The van der Waals surface area contributed by atoms with Crippen LogP contribution in [0.1, 0.15) is 34.6 Å². The topological polar surface area (TPSA) is 26.3 Å². The van der Waals surface area contributed by atoms with Crippen LogP contribution in [0.5, 0.6) is 0 Å². The molecule has 0 bridgehead atoms. The van der Waals surface area contributed by atoms with E-state index >= 15 is 0 Å². The summed E-state index contributed by atoms with van der Waals surface area (Å²) in [5.74, 6) is -0.259. The van der Waals surface area contributed by atoms with Crippen LogP contribution in [-0.4, -0.2) is 16.9 Å². The molecule has 0 N–H and O–H groups in total. The summed E-state index contributed by atoms with van der Waals surface area (Å²) < 4.78 is 5.23. The molecule has 0 heterocycles. The minimum Gasteiger partial charge on any atom is -0.457 e. The van der Waals surface area contributed by atoms with Gasteiger partial charge in [-0.05, 0) is 40.7 Å². The maximum Gasteiger partial charge on any atom is 0.334 e. The van der Waals surface area contributed by atoms with Crippen molar-refractivity contribution in [3.63, 3.8) is 0 Å². The normalized spacial score (nSPS) is 14.0. The number of allylic oxidation sites excluding steroid dienone is 3. The third-order valence-electron chi connectivity index (χ3n) is 1.56. The van der Waals surface area contributed by atoms with Crippen LogP contribution in [0.25, 0.3) is 0 Å². The largest absolute Gasteiger partial charge is 0.457 e. The molecule has 0 atom stereocenters. The van der Waals surface area contributed by atoms with E-state index in [-0.39, 0.29) is 5.97 Å². The van der Waals surface area contributed by atoms with Crippen LogP contribution in [0, 0.1) is 0 Å². The third kappa shape index (κ3) is 7.37. The molecule has 0 aromatic carbocycles. The van der Waals surface area contributed by atoms with Crippen molar-refractivity contribution in [2.24, 2.45) is 0 Å². The van der Waals surface area contributed by atoms with Crippen LogP contribution >= 0.6 is 15.9 Å². The monoisotopic (exact) mass is 274 g/mol. The SMILES string of the molecule is CC(=C\CBr)/C=C(\C)C(=O)OC(C)(C)C. The van der Waals surface area contributed by atoms with Gasteiger partial charge in [0.25, 0.3) is 0 Å². The molecule has 0 spiro atoms. The van der Waals surface area contributed by atoms with Crippen molar-refractivity contribution in [1.29, 1.82) is 0 Å². The van der Waals surface area contributed by atoms with Gasteiger partial charge in [0.05, 0.1) is 0 Å². The van der Waals surface area contributed by atoms with Crippen molar-refractivity contribution in [2.75, 3.05) is 5.33 Å². The Morgan fingerprint density at radius 1 is 1.33 bits per heavy atom. The number of carbonyl (C=O) groups is 1. The van der Waals surface area contributed by atoms with Crippen molar-refractivity contribution in [2.45, 2.75) is 40.2 Å². The molecule has 0 unspecified atom stereocenters. The first-order chi connectivity index (χ1) is 6.76. The molecule has 86 valence electrons. The number of hydrogen-bond acceptors (Lipinski definition) is 2. The molecule has 0 aromatic heterocycles. The van der Waals surface area contributed by atoms with Gasteiger partial charge in [-0.25, -0.2) is 4.79 Å². The average molecular weight is 275 g/mol. The van der Waals surface area contributed by atoms with E-state index in [9.17, 15) is 4.79 Å². The van der Waals surface area contributed by atoms with Gasteiger partial charge in [0, 0.05) is 10.9 Å². The number of hydrogen-bond donors (Lipinski definition) is 0. The lowest BCUT2D eigenvalue weighted by Gasteiger charge is -2.19. The van der Waals surface area contributed by atoms with Crippen molar-refractivity contribution >= 4 is 21.9 Å². The zero-order chi connectivity index (χ0) is 12.1. The highest BCUT2D eigenvalue weighted by atomic mass is 79.9. The highest BCUT2D eigenvalue weighted by Crippen LogP contribution is 2.12. The minimum atomic E-state index is -0.431. The van der Waals surface area contributed by atoms with Gasteiger partial charge in [-0.2, -0.15) is 0 Å². The van der Waals surface area contributed by atoms with E-state index in [1.165, 1.54) is 0 Å². The van der Waals surface area contributed by atoms with E-state index in [2.05, 4.69) is 15.9 Å². The number of carbonyl (C=O) groups excluding carboxylic acids is 1. The van der Waals surface area contributed by atoms with Crippen molar-refractivity contribution in [3.05, 3.63) is 23.3 Å². The standard InChI is InChI=1S/C12H19BrO2/c1-9(6-7-13)8-10(2)11(14)15-12(3,4)5/h6,8H,7H2,1-5H3/b9-6+,10-8+. The Morgan fingerprint density at radius 2 is 1.87 bits per heavy atom. The summed E-state index contributed by atoms with van der Waals surface area (Å²) in [6, 6.07) is 0. The highest BCUT2D eigenvalue weighted by molar-refractivity contribution is 9.09. The average Bonchev–Trinajstić information content (AvgIpc) is 2.00. The van der Waals surface area contributed by atoms with Crippen LogP contribution in [0.3, 0.4) is 0 Å². The van der Waals surface area contributed by atoms with Crippen molar-refractivity contribution < 1.29 is 9.53 Å². The third-order valence-corrected chi connectivity index (χ3v) is 1.89. The van der Waals surface area contributed by atoms with Gasteiger partial charge in [0.1, 0.15) is 5.60 Å². The number of esters is 1. The first-order valence-corrected chi connectivity index (χ1v) is 6.03. The van der Waals surface area contributed by atoms with Gasteiger partial charge < -0.3 is 4.74 Å². The molecule has 0 rings (SSSR count). The maximum absolute atomic E-state index is 11.6. The smallest absolute Gasteiger partial charge is 0.334 e. The van der Waals surface area contributed by atoms with Crippen molar-refractivity contribution in [1.82, 2.24) is 0 Å². The molecule has 0 aliphatic rings. The molecule has 0 aromatic rings. The summed E-state index contributed by atoms with van der Waals surface area (Å²) >= 11 is 3.30. The Bertz CT molecular complexity index is 282. The van der Waals surface area contributed by atoms with Gasteiger partial charge >= 0.3 is 5.97 Å². The summed E-state index contributed by atoms with van der Waals surface area (Å²) in [5, 5.41) is 0.789. The van der Waals surface area contributed by atoms with Crippen LogP contribution < -0.4 is 0 Å². The minimum absolute atomic E-state index is 0.259. The molecule has 15 heavy (non-hydrogen) atoms. The Balaban J connectivity index is 4.52. The summed E-state index contributed by atoms with van der Waals surface area (Å²) in [6.07, 6.45) is 3.82. The quantitative estimate of drug-likeness (QED) is 0.340. The van der Waals surface area contributed by atoms with Crippen LogP contribution in [-0.2, 0) is 9.53 Å². The number of halogens is 1. The predicted molar refractivity (Wildman–Crippen MR) is 67.2 cm³/mol. The Hall–Kier alpha value is -0.570. The van der Waals surface area contributed by atoms with Gasteiger partial charge in [-0.3, -0.25) is 0 Å². The second-order valence-corrected chi connectivity index (χ2v) is 5.08. The lowest BCUT2D eigenvalue weighted by atomic mass is 10.1. The zero-order valence-electron chi connectivity index (χ0n) is 10.1. The van der Waals surface area contributed by atoms with Crippen molar-refractivity contribution in [3.8, 4) is 0 Å². The lowest BCUT2D eigenvalue weighted by Crippen LogP contribution is -2.24. The first-order valence-electron chi connectivity index (χ1n) is 4.90. The van der Waals surface area contributed by atoms with Gasteiger partial charge in [0.15, 0.2) is 0 Å². The highest BCUT2D eigenvalue weighted by Gasteiger charge is 2.17. The van der Waals surface area contributed by atoms with E-state index < -0.39 is 5.60 Å². The number of alkyl halides is 1. The molecule has 0 saturated heterocycles. The van der Waals surface area contributed by atoms with Gasteiger partial charge in [0.2, 0.25) is 0 Å². The summed E-state index contributed by atoms with van der Waals surface area (Å²) in [4.78, 5) is 11.6. The fourth-order valence-electron chi connectivity index (χ4n) is 0.940. The first kappa shape index (κ1) is 14.4. The van der Waals surface area contributed by atoms with E-state index in [4.69, 9.17) is 4.74 Å². The van der Waals surface area contributed by atoms with Crippen LogP contribution in [0.4, 0.5) is 0 Å². The second kappa shape index (κ2) is 6.11. The van der Waals surface area contributed by atoms with E-state index in [0.717, 1.165) is 10.9 Å². The fourth-order valence-corrected chi connectivity index (χ4v) is 1.45. The summed E-state index contributed by atoms with van der Waals surface area (Å²) in [5.41, 5.74) is 1.24. The molecular weight excluding hydrogens is 256 g/mol. The van der Waals surface area contributed by atoms with Gasteiger partial charge in [-0.1, -0.05) is 27.6 Å². The van der Waals surface area contributed by atoms with E-state index in [0.29, 0.717) is 5.57 Å². The molecule has 0 aliphatic heterocycles. The summed E-state index contributed by atoms with van der Waals surface area (Å²) in [6.45, 7) is 9.30. The second-order valence-electron chi connectivity index (χ2n) is 4.43. The molecule has 0 radical (unpaired) electrons. The Labute approximate surface area is 101 Å². The molecule has 0 aliphatic carbocycles. The number of ether oxygens (including phenoxy) is 1. The van der Waals surface area contributed by atoms with Gasteiger partial charge in [-0.15, -0.1) is 0 Å². The Morgan fingerprint density at radius 3 is 2.27 bits per heavy atom. The molecule has 2 nitrogen and oxygen atoms in total. The summed E-state index contributed by atoms with van der Waals surface area (Å²) in [7, 11) is 0. The fraction of sp³-hybridized carbons (Fsp3) is 0.583. The molecule has 0 amide bonds. The van der Waals surface area contributed by atoms with Crippen LogP contribution in [0.15, 0.2) is 23.3 Å². The molecule has 3 heteroatoms. The molecule has 0 fully saturated rings.